The number of amides is 1. The van der Waals surface area contributed by atoms with E-state index in [1.807, 2.05) is 27.2 Å². The molecule has 0 aromatic rings. The Balaban J connectivity index is 4.16. The Hall–Kier alpha value is -3.88. The van der Waals surface area contributed by atoms with Gasteiger partial charge in [0.25, 0.3) is 0 Å². The van der Waals surface area contributed by atoms with Crippen molar-refractivity contribution in [2.45, 2.75) is 199 Å². The highest BCUT2D eigenvalue weighted by Gasteiger charge is 2.27. The van der Waals surface area contributed by atoms with Crippen LogP contribution in [0, 0.1) is 0 Å². The summed E-state index contributed by atoms with van der Waals surface area (Å²) in [6.07, 6.45) is 83.5. The van der Waals surface area contributed by atoms with Crippen molar-refractivity contribution < 1.29 is 32.9 Å². The van der Waals surface area contributed by atoms with Crippen LogP contribution in [0.25, 0.3) is 0 Å². The number of allylic oxidation sites excluding steroid dienone is 25. The van der Waals surface area contributed by atoms with Crippen molar-refractivity contribution in [3.05, 3.63) is 158 Å². The minimum Gasteiger partial charge on any atom is -0.387 e. The van der Waals surface area contributed by atoms with Gasteiger partial charge < -0.3 is 19.8 Å². The molecule has 0 radical (unpaired) electrons. The van der Waals surface area contributed by atoms with Gasteiger partial charge in [-0.05, 0) is 116 Å². The van der Waals surface area contributed by atoms with Crippen LogP contribution in [0.1, 0.15) is 187 Å². The molecule has 0 aromatic carbocycles. The van der Waals surface area contributed by atoms with Crippen LogP contribution in [0.5, 0.6) is 0 Å². The van der Waals surface area contributed by atoms with Gasteiger partial charge >= 0.3 is 7.82 Å². The Labute approximate surface area is 448 Å². The minimum atomic E-state index is -4.37. The van der Waals surface area contributed by atoms with Crippen LogP contribution >= 0.6 is 7.82 Å². The second-order valence-corrected chi connectivity index (χ2v) is 21.0. The SMILES string of the molecule is CC/C=C\C/C=C\C/C=C\C/C=C\C/C=C\C/C=C\C/C=C\C/C=C\C/C=C\C/C=C\CCCCCCCCCCC(=O)NC(COP(=O)(O)OCC[N+](C)(C)C)C(O)/C=C/CC/C=C/CC/C=C/CCCC. The van der Waals surface area contributed by atoms with Crippen molar-refractivity contribution >= 4 is 13.7 Å². The second-order valence-electron chi connectivity index (χ2n) is 19.6. The summed E-state index contributed by atoms with van der Waals surface area (Å²) in [5.41, 5.74) is 0. The number of phosphoric ester groups is 1. The van der Waals surface area contributed by atoms with E-state index in [-0.39, 0.29) is 19.1 Å². The molecule has 3 atom stereocenters. The number of nitrogens with zero attached hydrogens (tertiary/aromatic N) is 1. The molecule has 3 N–H and O–H groups in total. The molecule has 73 heavy (non-hydrogen) atoms. The Morgan fingerprint density at radius 3 is 1.26 bits per heavy atom. The van der Waals surface area contributed by atoms with Crippen molar-refractivity contribution in [3.63, 3.8) is 0 Å². The summed E-state index contributed by atoms with van der Waals surface area (Å²) >= 11 is 0. The molecule has 1 amide bonds. The number of phosphoric acid groups is 1. The van der Waals surface area contributed by atoms with E-state index in [9.17, 15) is 19.4 Å². The fourth-order valence-electron chi connectivity index (χ4n) is 7.03. The summed E-state index contributed by atoms with van der Waals surface area (Å²) in [6.45, 7) is 4.58. The first-order valence-corrected chi connectivity index (χ1v) is 29.9. The standard InChI is InChI=1S/C64H105N2O6P/c1-6-8-10-12-14-16-18-20-21-22-23-24-25-26-27-28-29-30-31-32-33-34-35-36-37-38-39-40-41-42-43-44-45-46-48-50-52-54-56-58-64(68)65-62(61-72-73(69,70)71-60-59-66(3,4)5)63(67)57-55-53-51-49-47-19-17-15-13-11-9-7-2/h8,10,13-16,20-21,23-24,26-27,29-30,32-33,35-36,38-39,41-42,47,49,55,57,62-63,67H,6-7,9,11-12,17-19,22,25,28,31,34,37,40,43-46,48,50-54,56,58-61H2,1-5H3,(H-,65,68,69,70)/p+1/b10-8-,15-13+,16-14-,21-20-,24-23-,27-26-,30-29-,33-32-,36-35-,39-38-,42-41-,49-47+,57-55+. The second kappa shape index (κ2) is 53.0. The molecule has 0 saturated carbocycles. The molecule has 0 fully saturated rings. The van der Waals surface area contributed by atoms with Crippen LogP contribution in [0.15, 0.2) is 158 Å². The Morgan fingerprint density at radius 2 is 0.836 bits per heavy atom. The van der Waals surface area contributed by atoms with Crippen molar-refractivity contribution in [3.8, 4) is 0 Å². The molecule has 0 bridgehead atoms. The number of hydrogen-bond acceptors (Lipinski definition) is 5. The van der Waals surface area contributed by atoms with Gasteiger partial charge in [-0.25, -0.2) is 4.57 Å². The highest BCUT2D eigenvalue weighted by Crippen LogP contribution is 2.43. The molecular weight excluding hydrogens is 924 g/mol. The zero-order chi connectivity index (χ0) is 53.5. The summed E-state index contributed by atoms with van der Waals surface area (Å²) in [7, 11) is 1.51. The monoisotopic (exact) mass is 1030 g/mol. The summed E-state index contributed by atoms with van der Waals surface area (Å²) in [6, 6.07) is -0.885. The molecule has 0 spiro atoms. The number of nitrogens with one attached hydrogen (secondary N) is 1. The van der Waals surface area contributed by atoms with E-state index >= 15 is 0 Å². The average Bonchev–Trinajstić information content (AvgIpc) is 3.35. The lowest BCUT2D eigenvalue weighted by Crippen LogP contribution is -2.45. The van der Waals surface area contributed by atoms with Gasteiger partial charge in [-0.3, -0.25) is 13.8 Å². The molecule has 0 aliphatic rings. The molecule has 0 aliphatic heterocycles. The first-order valence-electron chi connectivity index (χ1n) is 28.4. The lowest BCUT2D eigenvalue weighted by molar-refractivity contribution is -0.870. The third-order valence-corrected chi connectivity index (χ3v) is 12.4. The highest BCUT2D eigenvalue weighted by atomic mass is 31.2. The van der Waals surface area contributed by atoms with Gasteiger partial charge in [0.2, 0.25) is 5.91 Å². The van der Waals surface area contributed by atoms with Crippen molar-refractivity contribution in [1.29, 1.82) is 0 Å². The number of unbranched alkanes of at least 4 members (excludes halogenated alkanes) is 12. The van der Waals surface area contributed by atoms with Crippen LogP contribution in [0.2, 0.25) is 0 Å². The van der Waals surface area contributed by atoms with E-state index in [0.29, 0.717) is 17.4 Å². The maximum absolute atomic E-state index is 12.9. The van der Waals surface area contributed by atoms with E-state index in [4.69, 9.17) is 9.05 Å². The zero-order valence-corrected chi connectivity index (χ0v) is 47.7. The highest BCUT2D eigenvalue weighted by molar-refractivity contribution is 7.47. The first-order chi connectivity index (χ1) is 35.5. The number of carbonyl (C=O) groups is 1. The van der Waals surface area contributed by atoms with Crippen molar-refractivity contribution in [1.82, 2.24) is 5.32 Å². The van der Waals surface area contributed by atoms with E-state index < -0.39 is 20.0 Å². The first kappa shape index (κ1) is 69.1. The molecule has 3 unspecified atom stereocenters. The minimum absolute atomic E-state index is 0.0432. The van der Waals surface area contributed by atoms with Gasteiger partial charge in [-0.1, -0.05) is 223 Å². The maximum atomic E-state index is 12.9. The molecule has 9 heteroatoms. The normalized spacial score (nSPS) is 15.1. The molecule has 412 valence electrons. The Morgan fingerprint density at radius 1 is 0.479 bits per heavy atom. The fourth-order valence-corrected chi connectivity index (χ4v) is 7.76. The van der Waals surface area contributed by atoms with E-state index in [2.05, 4.69) is 165 Å². The molecule has 0 aromatic heterocycles. The lowest BCUT2D eigenvalue weighted by atomic mass is 10.1. The van der Waals surface area contributed by atoms with Crippen LogP contribution in [-0.2, 0) is 18.4 Å². The number of rotatable bonds is 49. The predicted octanol–water partition coefficient (Wildman–Crippen LogP) is 17.5. The topological polar surface area (TPSA) is 105 Å². The Bertz CT molecular complexity index is 1740. The third-order valence-electron chi connectivity index (χ3n) is 11.5. The molecule has 0 aliphatic carbocycles. The quantitative estimate of drug-likeness (QED) is 0.0243. The number of aliphatic hydroxyl groups excluding tert-OH is 1. The van der Waals surface area contributed by atoms with Gasteiger partial charge in [-0.2, -0.15) is 0 Å². The van der Waals surface area contributed by atoms with Gasteiger partial charge in [0, 0.05) is 6.42 Å². The summed E-state index contributed by atoms with van der Waals surface area (Å²) in [5.74, 6) is -0.209. The van der Waals surface area contributed by atoms with E-state index in [1.165, 1.54) is 38.5 Å². The van der Waals surface area contributed by atoms with Gasteiger partial charge in [0.05, 0.1) is 39.9 Å². The smallest absolute Gasteiger partial charge is 0.387 e. The molecule has 0 saturated heterocycles. The molecular formula is C64H106N2O6P+. The molecule has 0 heterocycles. The number of carbonyl (C=O) groups excluding carboxylic acids is 1. The predicted molar refractivity (Wildman–Crippen MR) is 317 cm³/mol. The van der Waals surface area contributed by atoms with E-state index in [0.717, 1.165) is 128 Å². The number of quaternary nitrogens is 1. The Kier molecular flexibility index (Phi) is 50.1. The van der Waals surface area contributed by atoms with Gasteiger partial charge in [0.15, 0.2) is 0 Å². The largest absolute Gasteiger partial charge is 0.472 e. The zero-order valence-electron chi connectivity index (χ0n) is 46.8. The van der Waals surface area contributed by atoms with Crippen LogP contribution in [-0.4, -0.2) is 73.4 Å². The number of aliphatic hydroxyl groups is 1. The average molecular weight is 1030 g/mol. The van der Waals surface area contributed by atoms with Gasteiger partial charge in [-0.15, -0.1) is 0 Å². The summed E-state index contributed by atoms with van der Waals surface area (Å²) < 4.78 is 23.6. The van der Waals surface area contributed by atoms with Crippen LogP contribution in [0.4, 0.5) is 0 Å². The maximum Gasteiger partial charge on any atom is 0.472 e. The lowest BCUT2D eigenvalue weighted by Gasteiger charge is -2.25. The van der Waals surface area contributed by atoms with E-state index in [1.54, 1.807) is 6.08 Å². The number of hydrogen-bond donors (Lipinski definition) is 3. The summed E-state index contributed by atoms with van der Waals surface area (Å²) in [5, 5.41) is 13.8. The van der Waals surface area contributed by atoms with Crippen molar-refractivity contribution in [2.24, 2.45) is 0 Å². The van der Waals surface area contributed by atoms with Gasteiger partial charge in [0.1, 0.15) is 13.2 Å². The van der Waals surface area contributed by atoms with Crippen LogP contribution in [0.3, 0.4) is 0 Å². The number of likely N-dealkylation sites (N-methyl/N-ethyl adjacent to an activating group) is 1. The van der Waals surface area contributed by atoms with Crippen LogP contribution < -0.4 is 5.32 Å². The summed E-state index contributed by atoms with van der Waals surface area (Å²) in [4.78, 5) is 23.2. The molecule has 0 rings (SSSR count). The fraction of sp³-hybridized carbons (Fsp3) is 0.578. The van der Waals surface area contributed by atoms with Crippen molar-refractivity contribution in [2.75, 3.05) is 40.9 Å². The molecule has 8 nitrogen and oxygen atoms in total. The third kappa shape index (κ3) is 55.7.